The Morgan fingerprint density at radius 1 is 1.21 bits per heavy atom. The number of fused-ring (bicyclic) bond motifs is 2. The normalized spacial score (nSPS) is 26.7. The number of benzene rings is 1. The molecule has 1 unspecified atom stereocenters. The molecule has 2 nitrogen and oxygen atoms in total. The number of hydrogen-bond acceptors (Lipinski definition) is 2. The largest absolute Gasteiger partial charge is 0.314 e. The van der Waals surface area contributed by atoms with Crippen LogP contribution in [0.4, 0.5) is 0 Å². The first-order chi connectivity index (χ1) is 6.93. The average Bonchev–Trinajstić information content (AvgIpc) is 2.26. The summed E-state index contributed by atoms with van der Waals surface area (Å²) in [4.78, 5) is 2.61. The lowest BCUT2D eigenvalue weighted by Gasteiger charge is -2.40. The maximum absolute atomic E-state index is 3.47. The quantitative estimate of drug-likeness (QED) is 0.654. The molecule has 74 valence electrons. The minimum absolute atomic E-state index is 0.735. The molecule has 1 N–H and O–H groups in total. The molecule has 1 saturated heterocycles. The van der Waals surface area contributed by atoms with Crippen LogP contribution in [-0.2, 0) is 13.0 Å². The summed E-state index contributed by atoms with van der Waals surface area (Å²) in [5.41, 5.74) is 3.09. The van der Waals surface area contributed by atoms with E-state index < -0.39 is 0 Å². The molecule has 0 amide bonds. The third-order valence-electron chi connectivity index (χ3n) is 3.42. The van der Waals surface area contributed by atoms with Gasteiger partial charge in [0.15, 0.2) is 0 Å². The van der Waals surface area contributed by atoms with E-state index in [9.17, 15) is 0 Å². The molecule has 2 heteroatoms. The van der Waals surface area contributed by atoms with Crippen LogP contribution in [0.3, 0.4) is 0 Å². The summed E-state index contributed by atoms with van der Waals surface area (Å²) in [6, 6.07) is 9.60. The summed E-state index contributed by atoms with van der Waals surface area (Å²) in [7, 11) is 0. The Bertz CT molecular complexity index is 302. The van der Waals surface area contributed by atoms with Crippen molar-refractivity contribution in [2.45, 2.75) is 19.0 Å². The second kappa shape index (κ2) is 3.37. The summed E-state index contributed by atoms with van der Waals surface area (Å²) in [6.07, 6.45) is 1.23. The standard InChI is InChI=1S/C12H16N2/c1-2-4-11-9-14-6-5-13-8-12(14)7-10(11)3-1/h1-4,12-13H,5-9H2. The minimum Gasteiger partial charge on any atom is -0.314 e. The van der Waals surface area contributed by atoms with Crippen molar-refractivity contribution in [2.24, 2.45) is 0 Å². The number of nitrogens with zero attached hydrogens (tertiary/aromatic N) is 1. The van der Waals surface area contributed by atoms with Crippen molar-refractivity contribution < 1.29 is 0 Å². The lowest BCUT2D eigenvalue weighted by atomic mass is 9.93. The van der Waals surface area contributed by atoms with Gasteiger partial charge in [-0.3, -0.25) is 4.90 Å². The first-order valence-corrected chi connectivity index (χ1v) is 5.45. The predicted octanol–water partition coefficient (Wildman–Crippen LogP) is 1.02. The van der Waals surface area contributed by atoms with Gasteiger partial charge in [-0.1, -0.05) is 24.3 Å². The molecule has 0 spiro atoms. The molecule has 0 aromatic heterocycles. The summed E-state index contributed by atoms with van der Waals surface area (Å²) in [5, 5.41) is 3.47. The zero-order chi connectivity index (χ0) is 9.38. The van der Waals surface area contributed by atoms with Crippen LogP contribution in [0.5, 0.6) is 0 Å². The van der Waals surface area contributed by atoms with Crippen LogP contribution in [0.25, 0.3) is 0 Å². The maximum atomic E-state index is 3.47. The van der Waals surface area contributed by atoms with Crippen molar-refractivity contribution in [3.05, 3.63) is 35.4 Å². The first kappa shape index (κ1) is 8.45. The highest BCUT2D eigenvalue weighted by Gasteiger charge is 2.27. The smallest absolute Gasteiger partial charge is 0.0265 e. The zero-order valence-electron chi connectivity index (χ0n) is 8.37. The fourth-order valence-electron chi connectivity index (χ4n) is 2.60. The fraction of sp³-hybridized carbons (Fsp3) is 0.500. The van der Waals surface area contributed by atoms with Gasteiger partial charge in [-0.25, -0.2) is 0 Å². The van der Waals surface area contributed by atoms with Gasteiger partial charge in [0.1, 0.15) is 0 Å². The monoisotopic (exact) mass is 188 g/mol. The lowest BCUT2D eigenvalue weighted by molar-refractivity contribution is 0.140. The summed E-state index contributed by atoms with van der Waals surface area (Å²) in [6.45, 7) is 4.68. The van der Waals surface area contributed by atoms with Gasteiger partial charge < -0.3 is 5.32 Å². The Morgan fingerprint density at radius 2 is 2.07 bits per heavy atom. The molecule has 0 aliphatic carbocycles. The summed E-state index contributed by atoms with van der Waals surface area (Å²) in [5.74, 6) is 0. The van der Waals surface area contributed by atoms with Crippen LogP contribution in [-0.4, -0.2) is 30.6 Å². The SMILES string of the molecule is c1ccc2c(c1)CC1CNCCN1C2. The number of rotatable bonds is 0. The van der Waals surface area contributed by atoms with Gasteiger partial charge in [0.25, 0.3) is 0 Å². The Kier molecular flexibility index (Phi) is 2.03. The van der Waals surface area contributed by atoms with E-state index in [1.807, 2.05) is 0 Å². The van der Waals surface area contributed by atoms with Crippen LogP contribution in [0.1, 0.15) is 11.1 Å². The van der Waals surface area contributed by atoms with Crippen molar-refractivity contribution >= 4 is 0 Å². The van der Waals surface area contributed by atoms with E-state index in [1.54, 1.807) is 5.56 Å². The van der Waals surface area contributed by atoms with E-state index in [-0.39, 0.29) is 0 Å². The van der Waals surface area contributed by atoms with E-state index in [2.05, 4.69) is 34.5 Å². The average molecular weight is 188 g/mol. The molecule has 3 rings (SSSR count). The van der Waals surface area contributed by atoms with Gasteiger partial charge in [-0.15, -0.1) is 0 Å². The van der Waals surface area contributed by atoms with E-state index in [0.717, 1.165) is 25.7 Å². The highest BCUT2D eigenvalue weighted by atomic mass is 15.2. The van der Waals surface area contributed by atoms with Gasteiger partial charge in [0.05, 0.1) is 0 Å². The van der Waals surface area contributed by atoms with Crippen LogP contribution in [0.2, 0.25) is 0 Å². The van der Waals surface area contributed by atoms with Crippen molar-refractivity contribution in [3.8, 4) is 0 Å². The van der Waals surface area contributed by atoms with Gasteiger partial charge in [-0.2, -0.15) is 0 Å². The molecule has 2 heterocycles. The second-order valence-corrected chi connectivity index (χ2v) is 4.30. The number of hydrogen-bond donors (Lipinski definition) is 1. The molecular weight excluding hydrogens is 172 g/mol. The molecule has 0 bridgehead atoms. The maximum Gasteiger partial charge on any atom is 0.0265 e. The summed E-state index contributed by atoms with van der Waals surface area (Å²) < 4.78 is 0. The molecule has 0 saturated carbocycles. The Hall–Kier alpha value is -0.860. The number of nitrogens with one attached hydrogen (secondary N) is 1. The van der Waals surface area contributed by atoms with Crippen LogP contribution in [0, 0.1) is 0 Å². The van der Waals surface area contributed by atoms with Gasteiger partial charge in [0.2, 0.25) is 0 Å². The predicted molar refractivity (Wildman–Crippen MR) is 57.2 cm³/mol. The second-order valence-electron chi connectivity index (χ2n) is 4.30. The van der Waals surface area contributed by atoms with Crippen molar-refractivity contribution in [3.63, 3.8) is 0 Å². The van der Waals surface area contributed by atoms with Crippen LogP contribution < -0.4 is 5.32 Å². The Labute approximate surface area is 84.9 Å². The van der Waals surface area contributed by atoms with Gasteiger partial charge in [-0.05, 0) is 17.5 Å². The third kappa shape index (κ3) is 1.35. The Morgan fingerprint density at radius 3 is 3.00 bits per heavy atom. The number of piperazine rings is 1. The minimum atomic E-state index is 0.735. The van der Waals surface area contributed by atoms with Crippen molar-refractivity contribution in [1.82, 2.24) is 10.2 Å². The molecule has 0 radical (unpaired) electrons. The molecule has 1 aromatic rings. The van der Waals surface area contributed by atoms with Crippen molar-refractivity contribution in [2.75, 3.05) is 19.6 Å². The molecule has 1 aromatic carbocycles. The molecule has 2 aliphatic rings. The van der Waals surface area contributed by atoms with E-state index in [1.165, 1.54) is 18.5 Å². The Balaban J connectivity index is 1.91. The van der Waals surface area contributed by atoms with Crippen molar-refractivity contribution in [1.29, 1.82) is 0 Å². The molecular formula is C12H16N2. The first-order valence-electron chi connectivity index (χ1n) is 5.45. The molecule has 2 aliphatic heterocycles. The summed E-state index contributed by atoms with van der Waals surface area (Å²) >= 11 is 0. The molecule has 14 heavy (non-hydrogen) atoms. The highest BCUT2D eigenvalue weighted by molar-refractivity contribution is 5.30. The zero-order valence-corrected chi connectivity index (χ0v) is 8.37. The highest BCUT2D eigenvalue weighted by Crippen LogP contribution is 2.23. The van der Waals surface area contributed by atoms with Crippen LogP contribution in [0.15, 0.2) is 24.3 Å². The molecule has 1 fully saturated rings. The molecule has 1 atom stereocenters. The third-order valence-corrected chi connectivity index (χ3v) is 3.42. The fourth-order valence-corrected chi connectivity index (χ4v) is 2.60. The van der Waals surface area contributed by atoms with Gasteiger partial charge >= 0.3 is 0 Å². The van der Waals surface area contributed by atoms with E-state index >= 15 is 0 Å². The van der Waals surface area contributed by atoms with E-state index in [4.69, 9.17) is 0 Å². The van der Waals surface area contributed by atoms with Gasteiger partial charge in [0, 0.05) is 32.2 Å². The van der Waals surface area contributed by atoms with Crippen LogP contribution >= 0.6 is 0 Å². The van der Waals surface area contributed by atoms with E-state index in [0.29, 0.717) is 0 Å². The lowest BCUT2D eigenvalue weighted by Crippen LogP contribution is -2.53. The topological polar surface area (TPSA) is 15.3 Å².